The highest BCUT2D eigenvalue weighted by Crippen LogP contribution is 2.60. The normalized spacial score (nSPS) is 34.8. The fraction of sp³-hybridized carbons (Fsp3) is 0.778. The molecule has 1 aromatic rings. The molecule has 0 aliphatic heterocycles. The molecule has 0 saturated heterocycles. The molecule has 0 atom stereocenters. The lowest BCUT2D eigenvalue weighted by atomic mass is 9.49. The Hall–Kier alpha value is -1.14. The second-order valence-electron chi connectivity index (χ2n) is 7.84. The quantitative estimate of drug-likeness (QED) is 0.820. The van der Waals surface area contributed by atoms with Crippen molar-refractivity contribution < 1.29 is 14.3 Å². The van der Waals surface area contributed by atoms with Crippen LogP contribution in [-0.2, 0) is 16.1 Å². The zero-order chi connectivity index (χ0) is 16.7. The highest BCUT2D eigenvalue weighted by molar-refractivity contribution is 7.11. The average molecular weight is 350 g/mol. The first-order valence-corrected chi connectivity index (χ1v) is 9.76. The van der Waals surface area contributed by atoms with E-state index in [1.165, 1.54) is 30.6 Å². The summed E-state index contributed by atoms with van der Waals surface area (Å²) in [6, 6.07) is 0. The van der Waals surface area contributed by atoms with Gasteiger partial charge in [0, 0.05) is 13.7 Å². The number of carbonyl (C=O) groups is 1. The molecule has 1 heterocycles. The van der Waals surface area contributed by atoms with Crippen LogP contribution in [0.2, 0.25) is 0 Å². The molecule has 0 radical (unpaired) electrons. The van der Waals surface area contributed by atoms with Gasteiger partial charge in [0.2, 0.25) is 0 Å². The van der Waals surface area contributed by atoms with Gasteiger partial charge in [0.15, 0.2) is 9.86 Å². The van der Waals surface area contributed by atoms with Crippen LogP contribution in [0.15, 0.2) is 11.2 Å². The molecule has 4 saturated carbocycles. The van der Waals surface area contributed by atoms with Gasteiger partial charge in [-0.25, -0.2) is 0 Å². The summed E-state index contributed by atoms with van der Waals surface area (Å²) in [5.74, 6) is 2.38. The summed E-state index contributed by atoms with van der Waals surface area (Å²) in [5.41, 5.74) is -0.176. The molecule has 1 aromatic heterocycles. The van der Waals surface area contributed by atoms with Gasteiger partial charge in [-0.05, 0) is 56.3 Å². The van der Waals surface area contributed by atoms with Crippen molar-refractivity contribution in [3.05, 3.63) is 11.0 Å². The van der Waals surface area contributed by atoms with E-state index in [9.17, 15) is 4.79 Å². The van der Waals surface area contributed by atoms with Gasteiger partial charge < -0.3 is 14.0 Å². The number of carbonyl (C=O) groups excluding carboxylic acids is 1. The van der Waals surface area contributed by atoms with Crippen molar-refractivity contribution >= 4 is 17.2 Å². The molecule has 5 rings (SSSR count). The smallest absolute Gasteiger partial charge is 0.254 e. The van der Waals surface area contributed by atoms with E-state index in [1.54, 1.807) is 14.2 Å². The fourth-order valence-electron chi connectivity index (χ4n) is 5.47. The van der Waals surface area contributed by atoms with E-state index in [1.807, 2.05) is 10.8 Å². The molecule has 4 aliphatic carbocycles. The van der Waals surface area contributed by atoms with Gasteiger partial charge in [0.1, 0.15) is 0 Å². The van der Waals surface area contributed by atoms with Crippen LogP contribution >= 0.6 is 11.3 Å². The summed E-state index contributed by atoms with van der Waals surface area (Å²) in [6.07, 6.45) is 9.11. The number of amides is 1. The van der Waals surface area contributed by atoms with Crippen molar-refractivity contribution in [1.82, 2.24) is 4.57 Å². The number of hydrogen-bond donors (Lipinski definition) is 0. The Labute approximate surface area is 146 Å². The number of thiazole rings is 1. The van der Waals surface area contributed by atoms with E-state index in [2.05, 4.69) is 4.99 Å². The molecule has 1 amide bonds. The number of rotatable bonds is 5. The first-order valence-electron chi connectivity index (χ1n) is 8.94. The zero-order valence-corrected chi connectivity index (χ0v) is 15.3. The number of hydrogen-bond acceptors (Lipinski definition) is 4. The molecule has 24 heavy (non-hydrogen) atoms. The first kappa shape index (κ1) is 16.3. The summed E-state index contributed by atoms with van der Waals surface area (Å²) >= 11 is 1.44. The van der Waals surface area contributed by atoms with Crippen molar-refractivity contribution in [1.29, 1.82) is 0 Å². The monoisotopic (exact) mass is 350 g/mol. The largest absolute Gasteiger partial charge is 0.486 e. The highest BCUT2D eigenvalue weighted by Gasteiger charge is 2.54. The molecule has 4 aliphatic rings. The maximum atomic E-state index is 13.1. The summed E-state index contributed by atoms with van der Waals surface area (Å²) in [5, 5.41) is 0.781. The van der Waals surface area contributed by atoms with Crippen LogP contribution in [0, 0.1) is 23.2 Å². The average Bonchev–Trinajstić information content (AvgIpc) is 2.93. The van der Waals surface area contributed by atoms with Gasteiger partial charge in [0.05, 0.1) is 25.3 Å². The van der Waals surface area contributed by atoms with Gasteiger partial charge in [-0.3, -0.25) is 4.79 Å². The van der Waals surface area contributed by atoms with Gasteiger partial charge in [-0.1, -0.05) is 11.3 Å². The van der Waals surface area contributed by atoms with Crippen LogP contribution in [0.3, 0.4) is 0 Å². The molecular weight excluding hydrogens is 324 g/mol. The van der Waals surface area contributed by atoms with E-state index in [0.717, 1.165) is 46.9 Å². The lowest BCUT2D eigenvalue weighted by molar-refractivity contribution is -0.142. The Morgan fingerprint density at radius 2 is 1.88 bits per heavy atom. The van der Waals surface area contributed by atoms with Crippen molar-refractivity contribution in [2.45, 2.75) is 45.1 Å². The van der Waals surface area contributed by atoms with E-state index >= 15 is 0 Å². The number of methoxy groups -OCH3 is 2. The summed E-state index contributed by atoms with van der Waals surface area (Å²) in [6.45, 7) is 1.28. The van der Waals surface area contributed by atoms with Gasteiger partial charge in [0.25, 0.3) is 5.91 Å². The molecule has 6 heteroatoms. The molecule has 0 aromatic carbocycles. The molecular formula is C18H26N2O3S. The molecule has 5 nitrogen and oxygen atoms in total. The highest BCUT2D eigenvalue weighted by atomic mass is 32.1. The topological polar surface area (TPSA) is 52.8 Å². The van der Waals surface area contributed by atoms with Crippen LogP contribution in [0.4, 0.5) is 0 Å². The maximum Gasteiger partial charge on any atom is 0.254 e. The molecule has 0 unspecified atom stereocenters. The van der Waals surface area contributed by atoms with Crippen LogP contribution in [0.5, 0.6) is 5.06 Å². The summed E-state index contributed by atoms with van der Waals surface area (Å²) < 4.78 is 12.5. The van der Waals surface area contributed by atoms with Gasteiger partial charge in [-0.2, -0.15) is 4.99 Å². The molecule has 4 fully saturated rings. The first-order chi connectivity index (χ1) is 11.6. The molecule has 132 valence electrons. The third kappa shape index (κ3) is 2.84. The minimum atomic E-state index is -0.176. The van der Waals surface area contributed by atoms with E-state index in [-0.39, 0.29) is 11.3 Å². The minimum absolute atomic E-state index is 0.109. The van der Waals surface area contributed by atoms with Crippen molar-refractivity contribution in [3.8, 4) is 5.06 Å². The Kier molecular flexibility index (Phi) is 4.29. The lowest BCUT2D eigenvalue weighted by Gasteiger charge is -2.55. The molecule has 4 bridgehead atoms. The van der Waals surface area contributed by atoms with E-state index in [0.29, 0.717) is 13.2 Å². The van der Waals surface area contributed by atoms with E-state index < -0.39 is 0 Å². The standard InChI is InChI=1S/C18H26N2O3S/c1-22-4-3-20-11-15(23-2)24-17(20)19-16(21)18-8-12-5-13(9-18)7-14(6-12)10-18/h11-14H,3-10H2,1-2H3. The van der Waals surface area contributed by atoms with Crippen LogP contribution in [0.1, 0.15) is 38.5 Å². The number of ether oxygens (including phenoxy) is 2. The minimum Gasteiger partial charge on any atom is -0.486 e. The SMILES string of the molecule is COCCn1cc(OC)sc1=NC(=O)C12CC3CC(CC(C3)C1)C2. The third-order valence-corrected chi connectivity index (χ3v) is 7.11. The van der Waals surface area contributed by atoms with Crippen LogP contribution in [0.25, 0.3) is 0 Å². The fourth-order valence-corrected chi connectivity index (χ4v) is 6.30. The molecule has 0 N–H and O–H groups in total. The predicted octanol–water partition coefficient (Wildman–Crippen LogP) is 2.85. The Balaban J connectivity index is 1.63. The van der Waals surface area contributed by atoms with Crippen LogP contribution < -0.4 is 9.54 Å². The predicted molar refractivity (Wildman–Crippen MR) is 91.9 cm³/mol. The lowest BCUT2D eigenvalue weighted by Crippen LogP contribution is -2.49. The second-order valence-corrected chi connectivity index (χ2v) is 8.81. The van der Waals surface area contributed by atoms with Crippen molar-refractivity contribution in [2.24, 2.45) is 28.2 Å². The summed E-state index contributed by atoms with van der Waals surface area (Å²) in [7, 11) is 3.33. The van der Waals surface area contributed by atoms with Crippen molar-refractivity contribution in [3.63, 3.8) is 0 Å². The zero-order valence-electron chi connectivity index (χ0n) is 14.5. The van der Waals surface area contributed by atoms with Gasteiger partial charge >= 0.3 is 0 Å². The Morgan fingerprint density at radius 3 is 2.42 bits per heavy atom. The second kappa shape index (κ2) is 6.30. The number of nitrogens with zero attached hydrogens (tertiary/aromatic N) is 2. The number of aromatic nitrogens is 1. The van der Waals surface area contributed by atoms with Gasteiger partial charge in [-0.15, -0.1) is 0 Å². The Bertz CT molecular complexity index is 655. The van der Waals surface area contributed by atoms with Crippen LogP contribution in [-0.4, -0.2) is 31.3 Å². The third-order valence-electron chi connectivity index (χ3n) is 6.13. The summed E-state index contributed by atoms with van der Waals surface area (Å²) in [4.78, 5) is 18.5. The molecule has 0 spiro atoms. The van der Waals surface area contributed by atoms with Crippen molar-refractivity contribution in [2.75, 3.05) is 20.8 Å². The van der Waals surface area contributed by atoms with E-state index in [4.69, 9.17) is 9.47 Å². The Morgan fingerprint density at radius 1 is 1.25 bits per heavy atom. The maximum absolute atomic E-state index is 13.1.